The fraction of sp³-hybridized carbons (Fsp3) is 0.259. The Morgan fingerprint density at radius 1 is 0.686 bits per heavy atom. The van der Waals surface area contributed by atoms with Gasteiger partial charge in [0.1, 0.15) is 11.5 Å². The number of carbonyl (C=O) groups is 2. The highest BCUT2D eigenvalue weighted by molar-refractivity contribution is 6.31. The van der Waals surface area contributed by atoms with Crippen molar-refractivity contribution in [2.24, 2.45) is 0 Å². The van der Waals surface area contributed by atoms with Gasteiger partial charge in [-0.2, -0.15) is 0 Å². The Balaban J connectivity index is 1.69. The maximum Gasteiger partial charge on any atom is 0.265 e. The summed E-state index contributed by atoms with van der Waals surface area (Å²) in [6, 6.07) is 15.8. The minimum Gasteiger partial charge on any atom is -0.481 e. The molecule has 0 saturated carbocycles. The van der Waals surface area contributed by atoms with Crippen LogP contribution in [0.4, 0.5) is 11.4 Å². The number of amides is 2. The number of benzene rings is 3. The first-order valence-electron chi connectivity index (χ1n) is 11.1. The minimum absolute atomic E-state index is 0.360. The third-order valence-electron chi connectivity index (χ3n) is 5.31. The third-order valence-corrected chi connectivity index (χ3v) is 5.78. The molecule has 0 heterocycles. The summed E-state index contributed by atoms with van der Waals surface area (Å²) in [7, 11) is 0. The highest BCUT2D eigenvalue weighted by Gasteiger charge is 2.21. The average molecular weight is 515 g/mol. The van der Waals surface area contributed by atoms with Gasteiger partial charge >= 0.3 is 0 Å². The molecular weight excluding hydrogens is 487 g/mol. The summed E-state index contributed by atoms with van der Waals surface area (Å²) >= 11 is 12.0. The van der Waals surface area contributed by atoms with Gasteiger partial charge in [-0.05, 0) is 99.8 Å². The zero-order valence-electron chi connectivity index (χ0n) is 20.2. The largest absolute Gasteiger partial charge is 0.481 e. The van der Waals surface area contributed by atoms with Crippen molar-refractivity contribution in [1.82, 2.24) is 0 Å². The van der Waals surface area contributed by atoms with Crippen molar-refractivity contribution in [1.29, 1.82) is 0 Å². The first kappa shape index (κ1) is 26.4. The Morgan fingerprint density at radius 2 is 1.14 bits per heavy atom. The SMILES string of the molecule is Cc1ccc(NC(=O)C(C)Oc2ccc(Cl)cc2C)c(NC(=O)C(C)Oc2ccc(Cl)cc2C)c1. The lowest BCUT2D eigenvalue weighted by atomic mass is 10.1. The van der Waals surface area contributed by atoms with Gasteiger partial charge in [-0.3, -0.25) is 9.59 Å². The fourth-order valence-corrected chi connectivity index (χ4v) is 3.77. The van der Waals surface area contributed by atoms with Crippen LogP contribution in [0.2, 0.25) is 10.0 Å². The van der Waals surface area contributed by atoms with E-state index in [0.29, 0.717) is 32.9 Å². The summed E-state index contributed by atoms with van der Waals surface area (Å²) in [6.07, 6.45) is -1.57. The van der Waals surface area contributed by atoms with Crippen molar-refractivity contribution >= 4 is 46.4 Å². The van der Waals surface area contributed by atoms with Crippen LogP contribution in [0, 0.1) is 20.8 Å². The number of rotatable bonds is 8. The van der Waals surface area contributed by atoms with Crippen molar-refractivity contribution in [3.8, 4) is 11.5 Å². The van der Waals surface area contributed by atoms with Crippen molar-refractivity contribution in [3.63, 3.8) is 0 Å². The molecule has 184 valence electrons. The molecule has 3 aromatic carbocycles. The van der Waals surface area contributed by atoms with Gasteiger partial charge in [-0.15, -0.1) is 0 Å². The van der Waals surface area contributed by atoms with E-state index in [1.807, 2.05) is 26.8 Å². The van der Waals surface area contributed by atoms with Crippen LogP contribution in [0.3, 0.4) is 0 Å². The smallest absolute Gasteiger partial charge is 0.265 e. The quantitative estimate of drug-likeness (QED) is 0.349. The Kier molecular flexibility index (Phi) is 8.65. The van der Waals surface area contributed by atoms with E-state index in [-0.39, 0.29) is 11.8 Å². The molecule has 3 aromatic rings. The Bertz CT molecular complexity index is 1250. The molecule has 0 fully saturated rings. The Labute approximate surface area is 215 Å². The Morgan fingerprint density at radius 3 is 1.60 bits per heavy atom. The van der Waals surface area contributed by atoms with Gasteiger partial charge < -0.3 is 20.1 Å². The van der Waals surface area contributed by atoms with E-state index in [0.717, 1.165) is 16.7 Å². The van der Waals surface area contributed by atoms with Gasteiger partial charge in [0.25, 0.3) is 11.8 Å². The van der Waals surface area contributed by atoms with Crippen LogP contribution < -0.4 is 20.1 Å². The van der Waals surface area contributed by atoms with Crippen LogP contribution in [0.15, 0.2) is 54.6 Å². The van der Waals surface area contributed by atoms with Crippen molar-refractivity contribution in [2.75, 3.05) is 10.6 Å². The van der Waals surface area contributed by atoms with E-state index >= 15 is 0 Å². The first-order valence-corrected chi connectivity index (χ1v) is 11.9. The topological polar surface area (TPSA) is 76.7 Å². The van der Waals surface area contributed by atoms with Crippen LogP contribution in [-0.2, 0) is 9.59 Å². The zero-order chi connectivity index (χ0) is 25.7. The Hall–Kier alpha value is -3.22. The molecule has 2 atom stereocenters. The monoisotopic (exact) mass is 514 g/mol. The second kappa shape index (κ2) is 11.5. The lowest BCUT2D eigenvalue weighted by Gasteiger charge is -2.20. The molecule has 2 amide bonds. The van der Waals surface area contributed by atoms with Crippen molar-refractivity contribution in [2.45, 2.75) is 46.8 Å². The predicted octanol–water partition coefficient (Wildman–Crippen LogP) is 6.73. The van der Waals surface area contributed by atoms with Gasteiger partial charge in [0.2, 0.25) is 0 Å². The number of aryl methyl sites for hydroxylation is 3. The second-order valence-corrected chi connectivity index (χ2v) is 9.24. The van der Waals surface area contributed by atoms with Crippen LogP contribution in [0.25, 0.3) is 0 Å². The lowest BCUT2D eigenvalue weighted by Crippen LogP contribution is -2.32. The molecule has 2 unspecified atom stereocenters. The maximum absolute atomic E-state index is 12.9. The normalized spacial score (nSPS) is 12.4. The maximum atomic E-state index is 12.9. The van der Waals surface area contributed by atoms with E-state index in [1.165, 1.54) is 0 Å². The molecule has 0 aliphatic rings. The highest BCUT2D eigenvalue weighted by atomic mass is 35.5. The van der Waals surface area contributed by atoms with E-state index in [2.05, 4.69) is 10.6 Å². The highest BCUT2D eigenvalue weighted by Crippen LogP contribution is 2.27. The van der Waals surface area contributed by atoms with Crippen LogP contribution >= 0.6 is 23.2 Å². The number of nitrogens with one attached hydrogen (secondary N) is 2. The molecule has 0 saturated heterocycles. The number of anilines is 2. The van der Waals surface area contributed by atoms with Gasteiger partial charge in [-0.25, -0.2) is 0 Å². The molecule has 0 radical (unpaired) electrons. The number of carbonyl (C=O) groups excluding carboxylic acids is 2. The average Bonchev–Trinajstić information content (AvgIpc) is 2.79. The molecular formula is C27H28Cl2N2O4. The van der Waals surface area contributed by atoms with Gasteiger partial charge in [0.05, 0.1) is 11.4 Å². The molecule has 35 heavy (non-hydrogen) atoms. The molecule has 8 heteroatoms. The molecule has 3 rings (SSSR count). The predicted molar refractivity (Wildman–Crippen MR) is 141 cm³/mol. The summed E-state index contributed by atoms with van der Waals surface area (Å²) in [5.41, 5.74) is 3.48. The summed E-state index contributed by atoms with van der Waals surface area (Å²) in [5.74, 6) is 0.414. The molecule has 0 bridgehead atoms. The third kappa shape index (κ3) is 7.13. The van der Waals surface area contributed by atoms with Crippen LogP contribution in [0.5, 0.6) is 11.5 Å². The number of hydrogen-bond acceptors (Lipinski definition) is 4. The summed E-state index contributed by atoms with van der Waals surface area (Å²) in [4.78, 5) is 25.7. The lowest BCUT2D eigenvalue weighted by molar-refractivity contribution is -0.122. The molecule has 0 aromatic heterocycles. The standard InChI is InChI=1S/C27H28Cl2N2O4/c1-15-6-9-22(30-26(32)18(4)34-24-10-7-20(28)13-16(24)2)23(12-15)31-27(33)19(5)35-25-11-8-21(29)14-17(25)3/h6-14,18-19H,1-5H3,(H,30,32)(H,31,33). The summed E-state index contributed by atoms with van der Waals surface area (Å²) < 4.78 is 11.6. The van der Waals surface area contributed by atoms with Gasteiger partial charge in [0.15, 0.2) is 12.2 Å². The van der Waals surface area contributed by atoms with Crippen molar-refractivity contribution < 1.29 is 19.1 Å². The number of hydrogen-bond donors (Lipinski definition) is 2. The number of ether oxygens (including phenoxy) is 2. The fourth-order valence-electron chi connectivity index (χ4n) is 3.32. The second-order valence-electron chi connectivity index (χ2n) is 8.37. The van der Waals surface area contributed by atoms with E-state index in [4.69, 9.17) is 32.7 Å². The zero-order valence-corrected chi connectivity index (χ0v) is 21.8. The van der Waals surface area contributed by atoms with Gasteiger partial charge in [-0.1, -0.05) is 29.3 Å². The molecule has 0 aliphatic heterocycles. The minimum atomic E-state index is -0.783. The summed E-state index contributed by atoms with van der Waals surface area (Å²) in [6.45, 7) is 8.91. The van der Waals surface area contributed by atoms with E-state index in [1.54, 1.807) is 62.4 Å². The van der Waals surface area contributed by atoms with Crippen LogP contribution in [0.1, 0.15) is 30.5 Å². The molecule has 6 nitrogen and oxygen atoms in total. The molecule has 0 spiro atoms. The molecule has 0 aliphatic carbocycles. The van der Waals surface area contributed by atoms with E-state index < -0.39 is 12.2 Å². The molecule has 2 N–H and O–H groups in total. The van der Waals surface area contributed by atoms with E-state index in [9.17, 15) is 9.59 Å². The van der Waals surface area contributed by atoms with Gasteiger partial charge in [0, 0.05) is 10.0 Å². The summed E-state index contributed by atoms with van der Waals surface area (Å²) in [5, 5.41) is 6.88. The first-order chi connectivity index (χ1) is 16.5. The van der Waals surface area contributed by atoms with Crippen LogP contribution in [-0.4, -0.2) is 24.0 Å². The number of halogens is 2. The van der Waals surface area contributed by atoms with Crippen molar-refractivity contribution in [3.05, 3.63) is 81.3 Å².